The van der Waals surface area contributed by atoms with Crippen LogP contribution in [-0.2, 0) is 14.4 Å². The number of anilines is 1. The lowest BCUT2D eigenvalue weighted by Crippen LogP contribution is -2.50. The molecule has 25 heavy (non-hydrogen) atoms. The van der Waals surface area contributed by atoms with Crippen molar-refractivity contribution in [2.45, 2.75) is 45.6 Å². The monoisotopic (exact) mass is 344 g/mol. The summed E-state index contributed by atoms with van der Waals surface area (Å²) in [5.74, 6) is -1.69. The van der Waals surface area contributed by atoms with E-state index in [0.717, 1.165) is 29.7 Å². The molecular formula is C19H24N2O4. The highest BCUT2D eigenvalue weighted by molar-refractivity contribution is 6.01. The van der Waals surface area contributed by atoms with Crippen LogP contribution in [0, 0.1) is 19.8 Å². The van der Waals surface area contributed by atoms with Gasteiger partial charge in [0, 0.05) is 25.2 Å². The highest BCUT2D eigenvalue weighted by Gasteiger charge is 2.41. The average molecular weight is 344 g/mol. The second-order valence-corrected chi connectivity index (χ2v) is 7.01. The molecule has 1 unspecified atom stereocenters. The zero-order chi connectivity index (χ0) is 18.1. The van der Waals surface area contributed by atoms with Crippen molar-refractivity contribution in [3.63, 3.8) is 0 Å². The number of carboxylic acid groups (broad SMARTS) is 1. The molecule has 2 atom stereocenters. The van der Waals surface area contributed by atoms with Crippen molar-refractivity contribution in [1.29, 1.82) is 0 Å². The van der Waals surface area contributed by atoms with E-state index in [1.165, 1.54) is 4.90 Å². The summed E-state index contributed by atoms with van der Waals surface area (Å²) in [4.78, 5) is 39.9. The van der Waals surface area contributed by atoms with Crippen molar-refractivity contribution in [3.05, 3.63) is 29.3 Å². The van der Waals surface area contributed by atoms with E-state index in [0.29, 0.717) is 19.5 Å². The molecule has 0 radical (unpaired) electrons. The van der Waals surface area contributed by atoms with Gasteiger partial charge in [0.05, 0.1) is 5.92 Å². The van der Waals surface area contributed by atoms with Crippen molar-refractivity contribution in [2.75, 3.05) is 18.0 Å². The highest BCUT2D eigenvalue weighted by Crippen LogP contribution is 2.31. The van der Waals surface area contributed by atoms with Crippen LogP contribution in [0.1, 0.15) is 36.8 Å². The van der Waals surface area contributed by atoms with E-state index in [1.54, 1.807) is 4.90 Å². The van der Waals surface area contributed by atoms with Crippen molar-refractivity contribution in [1.82, 2.24) is 4.90 Å². The van der Waals surface area contributed by atoms with Gasteiger partial charge >= 0.3 is 5.97 Å². The number of nitrogens with zero attached hydrogens (tertiary/aromatic N) is 2. The maximum Gasteiger partial charge on any atom is 0.326 e. The first kappa shape index (κ1) is 17.5. The number of aliphatic carboxylic acids is 1. The molecule has 2 fully saturated rings. The van der Waals surface area contributed by atoms with E-state index in [2.05, 4.69) is 0 Å². The number of carbonyl (C=O) groups is 3. The third-order valence-corrected chi connectivity index (χ3v) is 5.41. The van der Waals surface area contributed by atoms with Gasteiger partial charge in [-0.05, 0) is 50.3 Å². The van der Waals surface area contributed by atoms with Crippen molar-refractivity contribution in [3.8, 4) is 0 Å². The third-order valence-electron chi connectivity index (χ3n) is 5.41. The number of amides is 2. The molecule has 1 N–H and O–H groups in total. The van der Waals surface area contributed by atoms with E-state index in [9.17, 15) is 19.5 Å². The first-order valence-corrected chi connectivity index (χ1v) is 8.80. The lowest BCUT2D eigenvalue weighted by atomic mass is 9.98. The minimum atomic E-state index is -0.955. The topological polar surface area (TPSA) is 77.9 Å². The van der Waals surface area contributed by atoms with Gasteiger partial charge in [-0.2, -0.15) is 0 Å². The van der Waals surface area contributed by atoms with Gasteiger partial charge in [0.25, 0.3) is 0 Å². The predicted molar refractivity (Wildman–Crippen MR) is 93.4 cm³/mol. The fourth-order valence-corrected chi connectivity index (χ4v) is 3.82. The van der Waals surface area contributed by atoms with Gasteiger partial charge in [-0.1, -0.05) is 12.1 Å². The Morgan fingerprint density at radius 2 is 1.96 bits per heavy atom. The molecule has 0 aliphatic carbocycles. The minimum Gasteiger partial charge on any atom is -0.480 e. The number of aryl methyl sites for hydroxylation is 1. The molecule has 1 aromatic rings. The quantitative estimate of drug-likeness (QED) is 0.911. The van der Waals surface area contributed by atoms with Gasteiger partial charge in [0.1, 0.15) is 6.04 Å². The number of piperidine rings is 1. The van der Waals surface area contributed by atoms with E-state index >= 15 is 0 Å². The van der Waals surface area contributed by atoms with E-state index in [-0.39, 0.29) is 18.2 Å². The van der Waals surface area contributed by atoms with E-state index in [1.807, 2.05) is 32.0 Å². The number of rotatable bonds is 3. The Bertz CT molecular complexity index is 715. The van der Waals surface area contributed by atoms with Crippen LogP contribution in [0.25, 0.3) is 0 Å². The molecule has 1 aromatic carbocycles. The summed E-state index contributed by atoms with van der Waals surface area (Å²) in [6, 6.07) is 5.04. The molecule has 2 amide bonds. The van der Waals surface area contributed by atoms with Crippen LogP contribution in [-0.4, -0.2) is 46.9 Å². The molecule has 134 valence electrons. The first-order valence-electron chi connectivity index (χ1n) is 8.80. The molecule has 2 saturated heterocycles. The predicted octanol–water partition coefficient (Wildman–Crippen LogP) is 2.12. The van der Waals surface area contributed by atoms with Gasteiger partial charge in [-0.25, -0.2) is 4.79 Å². The Hall–Kier alpha value is -2.37. The van der Waals surface area contributed by atoms with Crippen LogP contribution in [0.4, 0.5) is 5.69 Å². The standard InChI is InChI=1S/C19H24N2O4/c1-12-6-5-8-15(13(12)2)21-11-14(10-17(21)22)18(23)20-9-4-3-7-16(20)19(24)25/h5-6,8,14,16H,3-4,7,9-11H2,1-2H3,(H,24,25)/t14?,16-/m1/s1. The second kappa shape index (κ2) is 6.86. The number of hydrogen-bond acceptors (Lipinski definition) is 3. The summed E-state index contributed by atoms with van der Waals surface area (Å²) in [6.07, 6.45) is 2.27. The molecule has 2 aliphatic heterocycles. The van der Waals surface area contributed by atoms with Gasteiger partial charge in [-0.3, -0.25) is 9.59 Å². The zero-order valence-electron chi connectivity index (χ0n) is 14.7. The zero-order valence-corrected chi connectivity index (χ0v) is 14.7. The fraction of sp³-hybridized carbons (Fsp3) is 0.526. The van der Waals surface area contributed by atoms with Crippen LogP contribution in [0.5, 0.6) is 0 Å². The largest absolute Gasteiger partial charge is 0.480 e. The third kappa shape index (κ3) is 3.25. The van der Waals surface area contributed by atoms with Crippen LogP contribution in [0.15, 0.2) is 18.2 Å². The summed E-state index contributed by atoms with van der Waals surface area (Å²) in [7, 11) is 0. The van der Waals surface area contributed by atoms with E-state index < -0.39 is 17.9 Å². The normalized spacial score (nSPS) is 23.8. The Morgan fingerprint density at radius 1 is 1.20 bits per heavy atom. The number of likely N-dealkylation sites (tertiary alicyclic amines) is 1. The van der Waals surface area contributed by atoms with Gasteiger partial charge in [0.2, 0.25) is 11.8 Å². The molecule has 2 heterocycles. The van der Waals surface area contributed by atoms with Crippen LogP contribution < -0.4 is 4.90 Å². The van der Waals surface area contributed by atoms with Crippen LogP contribution in [0.2, 0.25) is 0 Å². The fourth-order valence-electron chi connectivity index (χ4n) is 3.82. The Kier molecular flexibility index (Phi) is 4.79. The van der Waals surface area contributed by atoms with Crippen LogP contribution in [0.3, 0.4) is 0 Å². The highest BCUT2D eigenvalue weighted by atomic mass is 16.4. The molecule has 2 aliphatic rings. The summed E-state index contributed by atoms with van der Waals surface area (Å²) in [6.45, 7) is 4.75. The Balaban J connectivity index is 1.79. The Morgan fingerprint density at radius 3 is 2.68 bits per heavy atom. The number of hydrogen-bond donors (Lipinski definition) is 1. The summed E-state index contributed by atoms with van der Waals surface area (Å²) < 4.78 is 0. The molecule has 6 nitrogen and oxygen atoms in total. The van der Waals surface area contributed by atoms with Gasteiger partial charge in [-0.15, -0.1) is 0 Å². The van der Waals surface area contributed by atoms with Crippen molar-refractivity contribution in [2.24, 2.45) is 5.92 Å². The lowest BCUT2D eigenvalue weighted by Gasteiger charge is -2.34. The van der Waals surface area contributed by atoms with Gasteiger partial charge < -0.3 is 14.9 Å². The van der Waals surface area contributed by atoms with Crippen molar-refractivity contribution < 1.29 is 19.5 Å². The molecule has 6 heteroatoms. The molecule has 0 saturated carbocycles. The maximum absolute atomic E-state index is 12.9. The molecule has 0 aromatic heterocycles. The molecule has 0 spiro atoms. The molecular weight excluding hydrogens is 320 g/mol. The lowest BCUT2D eigenvalue weighted by molar-refractivity contribution is -0.153. The summed E-state index contributed by atoms with van der Waals surface area (Å²) in [5.41, 5.74) is 2.97. The SMILES string of the molecule is Cc1cccc(N2CC(C(=O)N3CCCC[C@@H]3C(=O)O)CC2=O)c1C. The summed E-state index contributed by atoms with van der Waals surface area (Å²) >= 11 is 0. The van der Waals surface area contributed by atoms with Gasteiger partial charge in [0.15, 0.2) is 0 Å². The first-order chi connectivity index (χ1) is 11.9. The Labute approximate surface area is 147 Å². The number of carbonyl (C=O) groups excluding carboxylic acids is 2. The average Bonchev–Trinajstić information content (AvgIpc) is 2.98. The molecule has 0 bridgehead atoms. The van der Waals surface area contributed by atoms with Crippen molar-refractivity contribution >= 4 is 23.5 Å². The summed E-state index contributed by atoms with van der Waals surface area (Å²) in [5, 5.41) is 9.38. The smallest absolute Gasteiger partial charge is 0.326 e. The van der Waals surface area contributed by atoms with Crippen LogP contribution >= 0.6 is 0 Å². The van der Waals surface area contributed by atoms with E-state index in [4.69, 9.17) is 0 Å². The maximum atomic E-state index is 12.9. The molecule has 3 rings (SSSR count). The number of carboxylic acids is 1. The number of benzene rings is 1. The second-order valence-electron chi connectivity index (χ2n) is 7.01. The minimum absolute atomic E-state index is 0.0732.